The number of amides is 6. The van der Waals surface area contributed by atoms with Crippen LogP contribution < -0.4 is 45.9 Å². The molecule has 101 heavy (non-hydrogen) atoms. The molecule has 0 spiro atoms. The number of nitrogens with one attached hydrogen (secondary N) is 6. The molecule has 13 atom stereocenters. The van der Waals surface area contributed by atoms with E-state index in [4.69, 9.17) is 14.7 Å². The molecule has 7 heterocycles. The molecule has 1 saturated carbocycles. The van der Waals surface area contributed by atoms with E-state index in [0.717, 1.165) is 83.1 Å². The van der Waals surface area contributed by atoms with Crippen molar-refractivity contribution in [1.82, 2.24) is 61.9 Å². The maximum absolute atomic E-state index is 15.0. The van der Waals surface area contributed by atoms with Gasteiger partial charge in [-0.25, -0.2) is 9.97 Å². The molecule has 554 valence electrons. The summed E-state index contributed by atoms with van der Waals surface area (Å²) in [7, 11) is -5.23. The van der Waals surface area contributed by atoms with Gasteiger partial charge in [0, 0.05) is 94.7 Å². The Balaban J connectivity index is 0.844. The van der Waals surface area contributed by atoms with Crippen LogP contribution in [0.4, 0.5) is 11.1 Å². The monoisotopic (exact) mass is 1450 g/mol. The lowest BCUT2D eigenvalue weighted by molar-refractivity contribution is -0.147. The van der Waals surface area contributed by atoms with Gasteiger partial charge in [0.25, 0.3) is 0 Å². The fourth-order valence-corrected chi connectivity index (χ4v) is 14.6. The summed E-state index contributed by atoms with van der Waals surface area (Å²) >= 11 is 1.44. The number of aliphatic hydroxyl groups is 8. The zero-order valence-electron chi connectivity index (χ0n) is 56.0. The number of hydrogen-bond donors (Lipinski definition) is 16. The molecule has 5 saturated heterocycles. The van der Waals surface area contributed by atoms with Gasteiger partial charge in [0.2, 0.25) is 46.5 Å². The molecule has 16 N–H and O–H groups in total. The number of phenols is 1. The van der Waals surface area contributed by atoms with Crippen molar-refractivity contribution >= 4 is 68.3 Å². The number of carbonyl (C=O) groups is 6. The number of anilines is 2. The first-order valence-corrected chi connectivity index (χ1v) is 36.4. The van der Waals surface area contributed by atoms with E-state index in [-0.39, 0.29) is 37.2 Å². The quantitative estimate of drug-likeness (QED) is 0.0318. The first-order valence-electron chi connectivity index (χ1n) is 34.2. The van der Waals surface area contributed by atoms with Crippen LogP contribution in [0.5, 0.6) is 11.5 Å². The molecule has 2 aromatic heterocycles. The number of piperidine rings is 2. The molecule has 6 fully saturated rings. The number of rotatable bonds is 23. The summed E-state index contributed by atoms with van der Waals surface area (Å²) in [5.41, 5.74) is 2.60. The molecular weight excluding hydrogens is 1360 g/mol. The van der Waals surface area contributed by atoms with Gasteiger partial charge in [-0.2, -0.15) is 8.42 Å². The van der Waals surface area contributed by atoms with E-state index in [1.54, 1.807) is 0 Å². The van der Waals surface area contributed by atoms with Crippen LogP contribution in [0.25, 0.3) is 21.7 Å². The lowest BCUT2D eigenvalue weighted by atomic mass is 9.96. The van der Waals surface area contributed by atoms with Crippen molar-refractivity contribution in [2.45, 2.75) is 163 Å². The highest BCUT2D eigenvalue weighted by molar-refractivity contribution is 7.81. The number of aromatic nitrogens is 4. The Morgan fingerprint density at radius 3 is 2.03 bits per heavy atom. The van der Waals surface area contributed by atoms with E-state index in [2.05, 4.69) is 56.1 Å². The lowest BCUT2D eigenvalue weighted by Crippen LogP contribution is -2.64. The number of ether oxygens (including phenoxy) is 1. The highest BCUT2D eigenvalue weighted by Crippen LogP contribution is 2.35. The first kappa shape index (κ1) is 76.2. The van der Waals surface area contributed by atoms with Crippen LogP contribution in [0, 0.1) is 17.8 Å². The van der Waals surface area contributed by atoms with Crippen LogP contribution in [0.3, 0.4) is 0 Å². The van der Waals surface area contributed by atoms with E-state index in [1.165, 1.54) is 38.0 Å². The zero-order chi connectivity index (χ0) is 72.4. The molecule has 2 aromatic carbocycles. The number of aliphatic hydroxyl groups excluding tert-OH is 8. The molecule has 0 bridgehead atoms. The van der Waals surface area contributed by atoms with Gasteiger partial charge >= 0.3 is 10.4 Å². The van der Waals surface area contributed by atoms with Crippen molar-refractivity contribution in [3.8, 4) is 33.2 Å². The fraction of sp³-hybridized carbons (Fsp3) is 0.631. The van der Waals surface area contributed by atoms with Gasteiger partial charge < -0.3 is 106 Å². The van der Waals surface area contributed by atoms with Gasteiger partial charge in [0.15, 0.2) is 11.5 Å². The van der Waals surface area contributed by atoms with Gasteiger partial charge in [-0.15, -0.1) is 10.2 Å². The first-order chi connectivity index (χ1) is 48.2. The Morgan fingerprint density at radius 2 is 1.37 bits per heavy atom. The second kappa shape index (κ2) is 34.2. The van der Waals surface area contributed by atoms with Gasteiger partial charge in [0.05, 0.1) is 68.0 Å². The minimum atomic E-state index is -5.23. The summed E-state index contributed by atoms with van der Waals surface area (Å²) in [6.45, 7) is 3.75. The second-order valence-corrected chi connectivity index (χ2v) is 29.2. The molecule has 10 rings (SSSR count). The molecule has 4 aromatic rings. The van der Waals surface area contributed by atoms with Crippen molar-refractivity contribution in [1.29, 1.82) is 0 Å². The third-order valence-electron chi connectivity index (χ3n) is 19.5. The molecule has 0 radical (unpaired) electrons. The largest absolute Gasteiger partial charge is 0.504 e. The van der Waals surface area contributed by atoms with Crippen LogP contribution in [0.15, 0.2) is 54.9 Å². The molecule has 34 nitrogen and oxygen atoms in total. The molecule has 6 amide bonds. The number of carbonyl (C=O) groups excluding carboxylic acids is 6. The Kier molecular flexibility index (Phi) is 25.8. The normalized spacial score (nSPS) is 26.9. The zero-order valence-corrected chi connectivity index (χ0v) is 57.6. The summed E-state index contributed by atoms with van der Waals surface area (Å²) in [4.78, 5) is 104. The molecule has 36 heteroatoms. The number of hydrogen-bond acceptors (Lipinski definition) is 28. The van der Waals surface area contributed by atoms with Crippen molar-refractivity contribution < 1.29 is 96.6 Å². The minimum absolute atomic E-state index is 0.0608. The molecule has 1 aliphatic carbocycles. The maximum Gasteiger partial charge on any atom is 0.446 e. The van der Waals surface area contributed by atoms with E-state index in [9.17, 15) is 87.7 Å². The molecule has 6 aliphatic rings. The summed E-state index contributed by atoms with van der Waals surface area (Å²) in [6, 6.07) is -0.952. The Labute approximate surface area is 587 Å². The molecule has 5 aliphatic heterocycles. The second-order valence-electron chi connectivity index (χ2n) is 27.2. The number of aromatic hydroxyl groups is 1. The number of benzene rings is 2. The van der Waals surface area contributed by atoms with Crippen molar-refractivity contribution in [3.05, 3.63) is 60.4 Å². The summed E-state index contributed by atoms with van der Waals surface area (Å²) in [6.07, 6.45) is -2.73. The van der Waals surface area contributed by atoms with Crippen LogP contribution in [-0.4, -0.2) is 288 Å². The smallest absolute Gasteiger partial charge is 0.446 e. The van der Waals surface area contributed by atoms with E-state index < -0.39 is 194 Å². The SMILES string of the molecule is C[C@@H](O)[C@@H]1NC(=O)[C@@H](NCC2CCN(c3nnc(-c4ccc(-c5cnc(N6CCC(OCC7CC7)CC6)nc5)cc4)s3)CC2)C[C@@H](O)CNC(=O)[C@@H]2[C@@H](O)[C@@H](C)CN2C(=O)[C@H]([C@H](O)CCNC(CO)CO)NC(=O)[C@H]([C@H](O)Cc2ccc(O)c(OS(=O)(=O)O)c2)NC(=O)[C@@H]2C[C@@H](O)CN2C1=O. The lowest BCUT2D eigenvalue weighted by Gasteiger charge is -2.34. The van der Waals surface area contributed by atoms with E-state index in [1.807, 2.05) is 36.7 Å². The average molecular weight is 1450 g/mol. The summed E-state index contributed by atoms with van der Waals surface area (Å²) in [5.74, 6) is -7.85. The minimum Gasteiger partial charge on any atom is -0.504 e. The summed E-state index contributed by atoms with van der Waals surface area (Å²) in [5, 5.41) is 125. The maximum atomic E-state index is 15.0. The van der Waals surface area contributed by atoms with Gasteiger partial charge in [-0.1, -0.05) is 48.6 Å². The predicted octanol–water partition coefficient (Wildman–Crippen LogP) is -3.70. The van der Waals surface area contributed by atoms with Crippen LogP contribution in [0.2, 0.25) is 0 Å². The average Bonchev–Trinajstić information content (AvgIpc) is 1.68. The fourth-order valence-electron chi connectivity index (χ4n) is 13.3. The number of phenolic OH excluding ortho intramolecular Hbond substituents is 1. The highest BCUT2D eigenvalue weighted by atomic mass is 32.3. The number of β-amino-alcohol motifs (C(OH)–C–C–N with tert-alkyl or cyclic N) is 1. The number of nitrogens with zero attached hydrogens (tertiary/aromatic N) is 8. The van der Waals surface area contributed by atoms with Crippen LogP contribution >= 0.6 is 11.3 Å². The topological polar surface area (TPSA) is 494 Å². The number of fused-ring (bicyclic) bond motifs is 2. The van der Waals surface area contributed by atoms with Crippen molar-refractivity contribution in [3.63, 3.8) is 0 Å². The van der Waals surface area contributed by atoms with Crippen molar-refractivity contribution in [2.24, 2.45) is 17.8 Å². The Morgan fingerprint density at radius 1 is 0.713 bits per heavy atom. The van der Waals surface area contributed by atoms with Crippen LogP contribution in [0.1, 0.15) is 77.2 Å². The Bertz CT molecular complexity index is 3600. The van der Waals surface area contributed by atoms with Gasteiger partial charge in [-0.3, -0.25) is 33.3 Å². The van der Waals surface area contributed by atoms with E-state index in [0.29, 0.717) is 42.0 Å². The third-order valence-corrected chi connectivity index (χ3v) is 20.9. The molecular formula is C65H92N14O20S2. The van der Waals surface area contributed by atoms with E-state index >= 15 is 0 Å². The van der Waals surface area contributed by atoms with Gasteiger partial charge in [-0.05, 0) is 106 Å². The summed E-state index contributed by atoms with van der Waals surface area (Å²) < 4.78 is 43.2. The Hall–Kier alpha value is -7.43. The third kappa shape index (κ3) is 19.9. The predicted molar refractivity (Wildman–Crippen MR) is 361 cm³/mol. The highest BCUT2D eigenvalue weighted by Gasteiger charge is 2.50. The standard InChI is InChI=1S/C65H92N14O20S2/c1-34-29-79-55(56(34)88)60(92)68-28-43(83)23-46(67-25-36-12-17-77(18-13-36)65-75-74-61(100-65)40-8-6-39(7-9-40)41-26-69-64(70-27-41)76-19-14-45(15-20-76)98-33-37-3-4-37)57(89)71-52(35(2)82)62(93)78-30-44(84)24-47(78)58(90)72-53(50(87)21-38-5-10-48(85)51(22-38)99-101(95,96)97)59(91)73-54(63(79)94)49(86)11-16-66-42(31-80)32-81/h5-10,22,26-27,34-37,42-47,49-50,52-56,66-67,80-88H,3-4,11-21,23-25,28-33H2,1-2H3,(H,68,92)(H,71,89)(H,72,90)(H,73,91)(H,95,96,97)/t34-,35+,43+,44+,46-,47-,49+,50+,52-,53-,54-,55-,56-/m0/s1. The van der Waals surface area contributed by atoms with Crippen molar-refractivity contribution in [2.75, 3.05) is 88.5 Å². The van der Waals surface area contributed by atoms with Crippen LogP contribution in [-0.2, 0) is 50.3 Å². The molecule has 0 unspecified atom stereocenters. The van der Waals surface area contributed by atoms with Gasteiger partial charge in [0.1, 0.15) is 35.2 Å².